The Bertz CT molecular complexity index is 646. The van der Waals surface area contributed by atoms with Crippen molar-refractivity contribution < 1.29 is 4.79 Å². The molecule has 0 saturated heterocycles. The number of hydrogen-bond donors (Lipinski definition) is 0. The molecule has 1 heteroatoms. The molecule has 0 radical (unpaired) electrons. The maximum Gasteiger partial charge on any atom is 0.163 e. The summed E-state index contributed by atoms with van der Waals surface area (Å²) in [6.07, 6.45) is 9.21. The average molecular weight is 278 g/mol. The Kier molecular flexibility index (Phi) is 3.92. The van der Waals surface area contributed by atoms with Gasteiger partial charge in [0, 0.05) is 12.0 Å². The Balaban J connectivity index is 1.90. The standard InChI is InChI=1S/C20H22O/c1-14(2)16-9-7-15(8-10-16)13-19-18-6-4-3-5-17(18)11-12-20(19)21/h3-7,13,16H,1,8-12H2,2H3/t16-/m1/s1. The minimum atomic E-state index is 0.289. The summed E-state index contributed by atoms with van der Waals surface area (Å²) in [7, 11) is 0. The van der Waals surface area contributed by atoms with Crippen LogP contribution in [-0.4, -0.2) is 5.78 Å². The summed E-state index contributed by atoms with van der Waals surface area (Å²) in [5, 5.41) is 0. The van der Waals surface area contributed by atoms with E-state index in [0.717, 1.165) is 36.8 Å². The Morgan fingerprint density at radius 3 is 2.76 bits per heavy atom. The van der Waals surface area contributed by atoms with Crippen molar-refractivity contribution >= 4 is 11.4 Å². The molecule has 108 valence electrons. The fourth-order valence-electron chi connectivity index (χ4n) is 3.31. The van der Waals surface area contributed by atoms with E-state index in [0.29, 0.717) is 12.3 Å². The van der Waals surface area contributed by atoms with Crippen LogP contribution in [0.15, 0.2) is 54.1 Å². The van der Waals surface area contributed by atoms with Gasteiger partial charge in [-0.15, -0.1) is 0 Å². The van der Waals surface area contributed by atoms with E-state index in [1.54, 1.807) is 0 Å². The molecule has 0 amide bonds. The number of carbonyl (C=O) groups excluding carboxylic acids is 1. The Morgan fingerprint density at radius 2 is 2.05 bits per heavy atom. The summed E-state index contributed by atoms with van der Waals surface area (Å²) in [6.45, 7) is 6.18. The maximum atomic E-state index is 12.3. The lowest BCUT2D eigenvalue weighted by Gasteiger charge is -2.22. The predicted octanol–water partition coefficient (Wildman–Crippen LogP) is 4.89. The normalized spacial score (nSPS) is 23.7. The summed E-state index contributed by atoms with van der Waals surface area (Å²) in [4.78, 5) is 12.3. The lowest BCUT2D eigenvalue weighted by Crippen LogP contribution is -2.13. The molecule has 21 heavy (non-hydrogen) atoms. The first-order valence-corrected chi connectivity index (χ1v) is 7.83. The Labute approximate surface area is 127 Å². The molecule has 1 atom stereocenters. The number of ketones is 1. The largest absolute Gasteiger partial charge is 0.294 e. The lowest BCUT2D eigenvalue weighted by molar-refractivity contribution is -0.113. The van der Waals surface area contributed by atoms with Crippen molar-refractivity contribution in [1.82, 2.24) is 0 Å². The van der Waals surface area contributed by atoms with Crippen LogP contribution in [0.2, 0.25) is 0 Å². The van der Waals surface area contributed by atoms with E-state index < -0.39 is 0 Å². The monoisotopic (exact) mass is 278 g/mol. The lowest BCUT2D eigenvalue weighted by atomic mass is 9.82. The molecule has 0 unspecified atom stereocenters. The number of carbonyl (C=O) groups is 1. The van der Waals surface area contributed by atoms with E-state index in [1.807, 2.05) is 6.07 Å². The van der Waals surface area contributed by atoms with Crippen molar-refractivity contribution in [3.05, 3.63) is 65.3 Å². The van der Waals surface area contributed by atoms with Gasteiger partial charge in [0.2, 0.25) is 0 Å². The van der Waals surface area contributed by atoms with E-state index >= 15 is 0 Å². The minimum absolute atomic E-state index is 0.289. The molecule has 0 N–H and O–H groups in total. The van der Waals surface area contributed by atoms with Gasteiger partial charge < -0.3 is 0 Å². The quantitative estimate of drug-likeness (QED) is 0.556. The molecular formula is C20H22O. The number of aryl methyl sites for hydroxylation is 1. The van der Waals surface area contributed by atoms with Gasteiger partial charge in [0.1, 0.15) is 0 Å². The van der Waals surface area contributed by atoms with Crippen LogP contribution in [0.5, 0.6) is 0 Å². The highest BCUT2D eigenvalue weighted by Crippen LogP contribution is 2.33. The van der Waals surface area contributed by atoms with Gasteiger partial charge in [0.25, 0.3) is 0 Å². The van der Waals surface area contributed by atoms with E-state index in [1.165, 1.54) is 16.7 Å². The fraction of sp³-hybridized carbons (Fsp3) is 0.350. The summed E-state index contributed by atoms with van der Waals surface area (Å²) >= 11 is 0. The molecule has 0 aromatic heterocycles. The molecule has 2 aliphatic rings. The van der Waals surface area contributed by atoms with Crippen LogP contribution in [0.4, 0.5) is 0 Å². The van der Waals surface area contributed by atoms with E-state index in [9.17, 15) is 4.79 Å². The topological polar surface area (TPSA) is 17.1 Å². The number of fused-ring (bicyclic) bond motifs is 1. The maximum absolute atomic E-state index is 12.3. The van der Waals surface area contributed by atoms with Crippen LogP contribution in [0, 0.1) is 5.92 Å². The first kappa shape index (κ1) is 14.1. The Morgan fingerprint density at radius 1 is 1.24 bits per heavy atom. The third kappa shape index (κ3) is 2.92. The van der Waals surface area contributed by atoms with Crippen LogP contribution in [0.1, 0.15) is 43.7 Å². The van der Waals surface area contributed by atoms with E-state index in [2.05, 4.69) is 43.9 Å². The highest BCUT2D eigenvalue weighted by molar-refractivity contribution is 6.22. The van der Waals surface area contributed by atoms with Crippen LogP contribution in [0.3, 0.4) is 0 Å². The summed E-state index contributed by atoms with van der Waals surface area (Å²) in [5.41, 5.74) is 5.94. The van der Waals surface area contributed by atoms with Crippen molar-refractivity contribution in [2.24, 2.45) is 5.92 Å². The van der Waals surface area contributed by atoms with E-state index in [-0.39, 0.29) is 5.78 Å². The van der Waals surface area contributed by atoms with Crippen LogP contribution < -0.4 is 0 Å². The minimum Gasteiger partial charge on any atom is -0.294 e. The third-order valence-electron chi connectivity index (χ3n) is 4.70. The number of benzene rings is 1. The molecule has 0 spiro atoms. The van der Waals surface area contributed by atoms with Gasteiger partial charge in [0.05, 0.1) is 0 Å². The number of rotatable bonds is 2. The van der Waals surface area contributed by atoms with E-state index in [4.69, 9.17) is 0 Å². The SMILES string of the molecule is C=C(C)[C@@H]1CC=C(C=C2C(=O)CCc3ccccc32)CC1. The second-order valence-electron chi connectivity index (χ2n) is 6.24. The highest BCUT2D eigenvalue weighted by atomic mass is 16.1. The highest BCUT2D eigenvalue weighted by Gasteiger charge is 2.22. The van der Waals surface area contributed by atoms with Gasteiger partial charge in [-0.05, 0) is 55.7 Å². The molecule has 1 aromatic carbocycles. The third-order valence-corrected chi connectivity index (χ3v) is 4.70. The van der Waals surface area contributed by atoms with Gasteiger partial charge in [-0.1, -0.05) is 48.1 Å². The van der Waals surface area contributed by atoms with Gasteiger partial charge >= 0.3 is 0 Å². The molecular weight excluding hydrogens is 256 g/mol. The summed E-state index contributed by atoms with van der Waals surface area (Å²) < 4.78 is 0. The number of Topliss-reactive ketones (excluding diaryl/α,β-unsaturated/α-hetero) is 1. The summed E-state index contributed by atoms with van der Waals surface area (Å²) in [5.74, 6) is 0.901. The number of allylic oxidation sites excluding steroid dienone is 5. The van der Waals surface area contributed by atoms with Gasteiger partial charge in [-0.2, -0.15) is 0 Å². The average Bonchev–Trinajstić information content (AvgIpc) is 2.51. The zero-order valence-electron chi connectivity index (χ0n) is 12.7. The molecule has 0 saturated carbocycles. The second-order valence-corrected chi connectivity index (χ2v) is 6.24. The zero-order valence-corrected chi connectivity index (χ0v) is 12.7. The first-order valence-electron chi connectivity index (χ1n) is 7.83. The molecule has 1 aromatic rings. The van der Waals surface area contributed by atoms with Crippen LogP contribution in [-0.2, 0) is 11.2 Å². The Hall–Kier alpha value is -1.89. The molecule has 0 aliphatic heterocycles. The zero-order chi connectivity index (χ0) is 14.8. The van der Waals surface area contributed by atoms with Gasteiger partial charge in [0.15, 0.2) is 5.78 Å². The number of hydrogen-bond acceptors (Lipinski definition) is 1. The molecule has 3 rings (SSSR count). The molecule has 0 bridgehead atoms. The van der Waals surface area contributed by atoms with Crippen LogP contribution >= 0.6 is 0 Å². The van der Waals surface area contributed by atoms with Crippen molar-refractivity contribution in [2.45, 2.75) is 39.0 Å². The predicted molar refractivity (Wildman–Crippen MR) is 88.0 cm³/mol. The smallest absolute Gasteiger partial charge is 0.163 e. The fourth-order valence-corrected chi connectivity index (χ4v) is 3.31. The van der Waals surface area contributed by atoms with Gasteiger partial charge in [-0.3, -0.25) is 4.79 Å². The molecule has 2 aliphatic carbocycles. The van der Waals surface area contributed by atoms with Gasteiger partial charge in [-0.25, -0.2) is 0 Å². The van der Waals surface area contributed by atoms with Crippen molar-refractivity contribution in [2.75, 3.05) is 0 Å². The van der Waals surface area contributed by atoms with Crippen molar-refractivity contribution in [3.8, 4) is 0 Å². The van der Waals surface area contributed by atoms with Crippen molar-refractivity contribution in [3.63, 3.8) is 0 Å². The summed E-state index contributed by atoms with van der Waals surface area (Å²) in [6, 6.07) is 8.31. The van der Waals surface area contributed by atoms with Crippen molar-refractivity contribution in [1.29, 1.82) is 0 Å². The first-order chi connectivity index (χ1) is 10.1. The second kappa shape index (κ2) is 5.85. The molecule has 1 nitrogen and oxygen atoms in total. The molecule has 0 heterocycles. The van der Waals surface area contributed by atoms with Crippen LogP contribution in [0.25, 0.3) is 5.57 Å². The molecule has 0 fully saturated rings.